The average molecular weight is 429 g/mol. The molecule has 0 aromatic heterocycles. The normalized spacial score (nSPS) is 7.81. The number of ketones is 1. The number of aliphatic carboxylic acids is 1. The standard InChI is InChI=1S/C10H8.C8H8O2.C4H8O.2C2H6.2CH4/c1-2-6-10-8-4-3-7-9(10)5-1;9-8(10)6-7-4-2-1-3-5-7;1-3-4(2)5;2*1-2;;/h1-8H;1-5H,6H2,(H,9,10);3H2,1-2H3;2*1-2H3;2*1H4. The number of fused-ring (bicyclic) bond motifs is 1. The van der Waals surface area contributed by atoms with Gasteiger partial charge in [0.2, 0.25) is 0 Å². The summed E-state index contributed by atoms with van der Waals surface area (Å²) in [5.74, 6) is -0.531. The molecule has 3 nitrogen and oxygen atoms in total. The number of hydrogen-bond acceptors (Lipinski definition) is 2. The zero-order valence-electron chi connectivity index (χ0n) is 18.7. The summed E-state index contributed by atoms with van der Waals surface area (Å²) in [5.41, 5.74) is 0.843. The Morgan fingerprint density at radius 1 is 0.677 bits per heavy atom. The van der Waals surface area contributed by atoms with Crippen LogP contribution in [0.1, 0.15) is 68.4 Å². The smallest absolute Gasteiger partial charge is 0.307 e. The van der Waals surface area contributed by atoms with E-state index >= 15 is 0 Å². The quantitative estimate of drug-likeness (QED) is 0.455. The molecular formula is C28H44O3. The fourth-order valence-electron chi connectivity index (χ4n) is 1.90. The number of carboxylic acids is 1. The number of hydrogen-bond donors (Lipinski definition) is 1. The van der Waals surface area contributed by atoms with Crippen LogP contribution in [0.3, 0.4) is 0 Å². The van der Waals surface area contributed by atoms with Crippen molar-refractivity contribution in [2.24, 2.45) is 0 Å². The van der Waals surface area contributed by atoms with Gasteiger partial charge in [-0.1, -0.05) is 128 Å². The van der Waals surface area contributed by atoms with Crippen molar-refractivity contribution in [3.05, 3.63) is 84.4 Å². The second-order valence-corrected chi connectivity index (χ2v) is 5.46. The molecule has 0 saturated heterocycles. The molecular weight excluding hydrogens is 384 g/mol. The van der Waals surface area contributed by atoms with E-state index in [-0.39, 0.29) is 27.1 Å². The van der Waals surface area contributed by atoms with Gasteiger partial charge >= 0.3 is 5.97 Å². The highest BCUT2D eigenvalue weighted by Crippen LogP contribution is 2.11. The van der Waals surface area contributed by atoms with E-state index in [1.54, 1.807) is 19.1 Å². The molecule has 3 rings (SSSR count). The van der Waals surface area contributed by atoms with Gasteiger partial charge in [-0.05, 0) is 23.3 Å². The summed E-state index contributed by atoms with van der Waals surface area (Å²) in [6.45, 7) is 11.4. The number of carbonyl (C=O) groups excluding carboxylic acids is 1. The topological polar surface area (TPSA) is 54.4 Å². The highest BCUT2D eigenvalue weighted by atomic mass is 16.4. The Hall–Kier alpha value is -2.94. The first kappa shape index (κ1) is 35.5. The van der Waals surface area contributed by atoms with Gasteiger partial charge in [-0.2, -0.15) is 0 Å². The molecule has 0 amide bonds. The molecule has 0 aliphatic heterocycles. The van der Waals surface area contributed by atoms with Crippen molar-refractivity contribution >= 4 is 22.5 Å². The molecule has 3 aromatic carbocycles. The van der Waals surface area contributed by atoms with Gasteiger partial charge in [-0.15, -0.1) is 0 Å². The molecule has 1 N–H and O–H groups in total. The lowest BCUT2D eigenvalue weighted by Gasteiger charge is -1.92. The van der Waals surface area contributed by atoms with E-state index in [9.17, 15) is 9.59 Å². The molecule has 0 fully saturated rings. The van der Waals surface area contributed by atoms with Crippen LogP contribution in [0.4, 0.5) is 0 Å². The van der Waals surface area contributed by atoms with Crippen molar-refractivity contribution in [1.29, 1.82) is 0 Å². The molecule has 0 bridgehead atoms. The minimum Gasteiger partial charge on any atom is -0.481 e. The van der Waals surface area contributed by atoms with Crippen LogP contribution in [-0.2, 0) is 16.0 Å². The van der Waals surface area contributed by atoms with Gasteiger partial charge in [0, 0.05) is 6.42 Å². The van der Waals surface area contributed by atoms with Crippen molar-refractivity contribution in [2.75, 3.05) is 0 Å². The Morgan fingerprint density at radius 2 is 0.968 bits per heavy atom. The van der Waals surface area contributed by atoms with Crippen molar-refractivity contribution in [3.63, 3.8) is 0 Å². The van der Waals surface area contributed by atoms with Gasteiger partial charge in [-0.3, -0.25) is 4.79 Å². The highest BCUT2D eigenvalue weighted by molar-refractivity contribution is 5.82. The van der Waals surface area contributed by atoms with Crippen molar-refractivity contribution in [1.82, 2.24) is 0 Å². The van der Waals surface area contributed by atoms with Gasteiger partial charge in [0.25, 0.3) is 0 Å². The maximum absolute atomic E-state index is 10.2. The predicted octanol–water partition coefficient (Wildman–Crippen LogP) is 8.46. The second-order valence-electron chi connectivity index (χ2n) is 5.46. The third-order valence-electron chi connectivity index (χ3n) is 3.35. The summed E-state index contributed by atoms with van der Waals surface area (Å²) in [6.07, 6.45) is 0.779. The summed E-state index contributed by atoms with van der Waals surface area (Å²) in [5, 5.41) is 11.0. The van der Waals surface area contributed by atoms with Crippen LogP contribution >= 0.6 is 0 Å². The van der Waals surface area contributed by atoms with Gasteiger partial charge in [0.15, 0.2) is 0 Å². The van der Waals surface area contributed by atoms with Gasteiger partial charge in [-0.25, -0.2) is 0 Å². The molecule has 0 unspecified atom stereocenters. The highest BCUT2D eigenvalue weighted by Gasteiger charge is 1.96. The van der Waals surface area contributed by atoms with E-state index in [1.807, 2.05) is 52.8 Å². The molecule has 3 heteroatoms. The van der Waals surface area contributed by atoms with E-state index in [1.165, 1.54) is 10.8 Å². The largest absolute Gasteiger partial charge is 0.481 e. The Labute approximate surface area is 191 Å². The fourth-order valence-corrected chi connectivity index (χ4v) is 1.90. The summed E-state index contributed by atoms with van der Waals surface area (Å²) in [6, 6.07) is 25.8. The molecule has 3 aromatic rings. The van der Waals surface area contributed by atoms with Crippen LogP contribution in [0.15, 0.2) is 78.9 Å². The molecule has 0 atom stereocenters. The average Bonchev–Trinajstić information content (AvgIpc) is 2.78. The SMILES string of the molecule is C.C.CC.CC.CCC(C)=O.O=C(O)Cc1ccccc1.c1ccc2ccccc2c1. The van der Waals surface area contributed by atoms with Crippen LogP contribution in [-0.4, -0.2) is 16.9 Å². The summed E-state index contributed by atoms with van der Waals surface area (Å²) < 4.78 is 0. The summed E-state index contributed by atoms with van der Waals surface area (Å²) in [4.78, 5) is 20.0. The zero-order chi connectivity index (χ0) is 22.5. The van der Waals surface area contributed by atoms with E-state index in [0.29, 0.717) is 6.42 Å². The van der Waals surface area contributed by atoms with E-state index in [0.717, 1.165) is 5.56 Å². The Kier molecular flexibility index (Phi) is 28.7. The number of Topliss-reactive ketones (excluding diaryl/α,β-unsaturated/α-hetero) is 1. The van der Waals surface area contributed by atoms with Gasteiger partial charge in [0.05, 0.1) is 6.42 Å². The molecule has 0 spiro atoms. The molecule has 0 radical (unpaired) electrons. The molecule has 0 aliphatic carbocycles. The van der Waals surface area contributed by atoms with Crippen LogP contribution in [0.25, 0.3) is 10.8 Å². The second kappa shape index (κ2) is 25.1. The Bertz CT molecular complexity index is 715. The van der Waals surface area contributed by atoms with Crippen LogP contribution in [0.2, 0.25) is 0 Å². The summed E-state index contributed by atoms with van der Waals surface area (Å²) in [7, 11) is 0. The fraction of sp³-hybridized carbons (Fsp3) is 0.357. The first-order valence-electron chi connectivity index (χ1n) is 10.2. The minimum atomic E-state index is -0.786. The Morgan fingerprint density at radius 3 is 1.23 bits per heavy atom. The predicted molar refractivity (Wildman–Crippen MR) is 139 cm³/mol. The maximum atomic E-state index is 10.2. The number of rotatable bonds is 3. The number of carboxylic acid groups (broad SMARTS) is 1. The monoisotopic (exact) mass is 428 g/mol. The molecule has 0 heterocycles. The number of benzene rings is 3. The van der Waals surface area contributed by atoms with E-state index in [4.69, 9.17) is 5.11 Å². The molecule has 0 aliphatic rings. The molecule has 0 saturated carbocycles. The summed E-state index contributed by atoms with van der Waals surface area (Å²) >= 11 is 0. The lowest BCUT2D eigenvalue weighted by Crippen LogP contribution is -1.98. The van der Waals surface area contributed by atoms with Gasteiger partial charge in [0.1, 0.15) is 5.78 Å². The van der Waals surface area contributed by atoms with E-state index in [2.05, 4.69) is 48.5 Å². The lowest BCUT2D eigenvalue weighted by molar-refractivity contribution is -0.136. The van der Waals surface area contributed by atoms with Crippen LogP contribution < -0.4 is 0 Å². The molecule has 174 valence electrons. The first-order valence-corrected chi connectivity index (χ1v) is 10.2. The minimum absolute atomic E-state index is 0. The third-order valence-corrected chi connectivity index (χ3v) is 3.35. The van der Waals surface area contributed by atoms with Crippen LogP contribution in [0.5, 0.6) is 0 Å². The van der Waals surface area contributed by atoms with Gasteiger partial charge < -0.3 is 9.90 Å². The van der Waals surface area contributed by atoms with E-state index < -0.39 is 5.97 Å². The molecule has 31 heavy (non-hydrogen) atoms. The zero-order valence-corrected chi connectivity index (χ0v) is 18.7. The van der Waals surface area contributed by atoms with Crippen molar-refractivity contribution in [2.45, 2.75) is 69.2 Å². The third kappa shape index (κ3) is 20.1. The number of carbonyl (C=O) groups is 2. The van der Waals surface area contributed by atoms with Crippen LogP contribution in [0, 0.1) is 0 Å². The Balaban J connectivity index is -0.000000165. The van der Waals surface area contributed by atoms with Crippen molar-refractivity contribution < 1.29 is 14.7 Å². The first-order chi connectivity index (χ1) is 14.0. The lowest BCUT2D eigenvalue weighted by atomic mass is 10.1. The van der Waals surface area contributed by atoms with Crippen molar-refractivity contribution in [3.8, 4) is 0 Å². The maximum Gasteiger partial charge on any atom is 0.307 e.